The van der Waals surface area contributed by atoms with Gasteiger partial charge in [-0.05, 0) is 18.4 Å². The third-order valence-electron chi connectivity index (χ3n) is 1.96. The fraction of sp³-hybridized carbons (Fsp3) is 0.800. The fourth-order valence-corrected chi connectivity index (χ4v) is 1.57. The number of hydrogen-bond acceptors (Lipinski definition) is 4. The van der Waals surface area contributed by atoms with Crippen LogP contribution in [0.5, 0.6) is 0 Å². The molecule has 1 amide bonds. The molecule has 0 unspecified atom stereocenters. The number of carbonyl (C=O) groups is 2. The smallest absolute Gasteiger partial charge is 0.326 e. The van der Waals surface area contributed by atoms with Crippen molar-refractivity contribution in [3.63, 3.8) is 0 Å². The van der Waals surface area contributed by atoms with Gasteiger partial charge in [-0.15, -0.1) is 0 Å². The monoisotopic (exact) mass is 285 g/mol. The molecule has 0 aliphatic heterocycles. The molecule has 0 fully saturated rings. The number of rotatable bonds is 10. The molecule has 5 nitrogen and oxygen atoms in total. The molecule has 0 bridgehead atoms. The Kier molecular flexibility index (Phi) is 9.57. The molecular weight excluding hydrogens is 268 g/mol. The predicted molar refractivity (Wildman–Crippen MR) is 64.0 cm³/mol. The van der Waals surface area contributed by atoms with Crippen molar-refractivity contribution >= 4 is 23.6 Å². The molecule has 0 aliphatic carbocycles. The van der Waals surface area contributed by atoms with Crippen LogP contribution in [0.25, 0.3) is 0 Å². The average molecular weight is 285 g/mol. The molecule has 0 radical (unpaired) electrons. The van der Waals surface area contributed by atoms with Crippen molar-refractivity contribution in [2.24, 2.45) is 0 Å². The third kappa shape index (κ3) is 9.17. The molecule has 0 heterocycles. The maximum Gasteiger partial charge on any atom is 0.326 e. The van der Waals surface area contributed by atoms with Crippen LogP contribution in [0.2, 0.25) is 0 Å². The van der Waals surface area contributed by atoms with Gasteiger partial charge < -0.3 is 15.2 Å². The number of thioether (sulfide) groups is 1. The molecule has 0 spiro atoms. The van der Waals surface area contributed by atoms with Crippen molar-refractivity contribution < 1.29 is 28.2 Å². The van der Waals surface area contributed by atoms with Crippen LogP contribution in [0.1, 0.15) is 12.8 Å². The first-order valence-corrected chi connectivity index (χ1v) is 6.73. The first-order valence-electron chi connectivity index (χ1n) is 5.34. The lowest BCUT2D eigenvalue weighted by molar-refractivity contribution is -0.142. The average Bonchev–Trinajstić information content (AvgIpc) is 2.29. The molecule has 0 rings (SSSR count). The number of carboxylic acids is 1. The summed E-state index contributed by atoms with van der Waals surface area (Å²) in [6, 6.07) is -0.944. The first kappa shape index (κ1) is 17.1. The number of halogens is 2. The van der Waals surface area contributed by atoms with Crippen LogP contribution in [0, 0.1) is 0 Å². The molecule has 0 aromatic carbocycles. The van der Waals surface area contributed by atoms with Crippen LogP contribution >= 0.6 is 11.8 Å². The zero-order valence-electron chi connectivity index (χ0n) is 10.0. The van der Waals surface area contributed by atoms with Crippen LogP contribution in [-0.4, -0.2) is 54.7 Å². The van der Waals surface area contributed by atoms with Crippen molar-refractivity contribution in [1.82, 2.24) is 5.32 Å². The summed E-state index contributed by atoms with van der Waals surface area (Å²) in [5.41, 5.74) is 0. The van der Waals surface area contributed by atoms with E-state index in [9.17, 15) is 18.4 Å². The number of carboxylic acid groups (broad SMARTS) is 1. The van der Waals surface area contributed by atoms with Gasteiger partial charge in [0.2, 0.25) is 5.91 Å². The van der Waals surface area contributed by atoms with Gasteiger partial charge in [0, 0.05) is 6.42 Å². The highest BCUT2D eigenvalue weighted by Gasteiger charge is 2.19. The standard InChI is InChI=1S/C10H17F2NO4S/c1-18-5-3-7(10(15)16)13-9(14)2-4-17-6-8(11)12/h7-8H,2-6H2,1H3,(H,13,14)(H,15,16)/t7-/m1/s1. The summed E-state index contributed by atoms with van der Waals surface area (Å²) in [5.74, 6) is -1.01. The Morgan fingerprint density at radius 1 is 1.44 bits per heavy atom. The second-order valence-electron chi connectivity index (χ2n) is 3.46. The summed E-state index contributed by atoms with van der Waals surface area (Å²) in [6.45, 7) is -0.868. The highest BCUT2D eigenvalue weighted by Crippen LogP contribution is 2.01. The van der Waals surface area contributed by atoms with Gasteiger partial charge in [-0.25, -0.2) is 13.6 Å². The zero-order chi connectivity index (χ0) is 14.0. The van der Waals surface area contributed by atoms with E-state index in [0.717, 1.165) is 0 Å². The molecule has 106 valence electrons. The predicted octanol–water partition coefficient (Wildman–Crippen LogP) is 0.981. The molecule has 0 saturated heterocycles. The lowest BCUT2D eigenvalue weighted by Crippen LogP contribution is -2.41. The maximum atomic E-state index is 11.7. The van der Waals surface area contributed by atoms with E-state index in [1.54, 1.807) is 0 Å². The second-order valence-corrected chi connectivity index (χ2v) is 4.44. The normalized spacial score (nSPS) is 12.4. The number of ether oxygens (including phenoxy) is 1. The Bertz CT molecular complexity index is 266. The minimum absolute atomic E-state index is 0.129. The van der Waals surface area contributed by atoms with Crippen molar-refractivity contribution in [2.45, 2.75) is 25.3 Å². The summed E-state index contributed by atoms with van der Waals surface area (Å²) in [5, 5.41) is 11.2. The molecular formula is C10H17F2NO4S. The minimum atomic E-state index is -2.57. The molecule has 0 aromatic rings. The second kappa shape index (κ2) is 10.1. The summed E-state index contributed by atoms with van der Waals surface area (Å²) in [6.07, 6.45) is -0.546. The van der Waals surface area contributed by atoms with E-state index in [1.807, 2.05) is 6.26 Å². The minimum Gasteiger partial charge on any atom is -0.480 e. The topological polar surface area (TPSA) is 75.6 Å². The lowest BCUT2D eigenvalue weighted by Gasteiger charge is -2.13. The Labute approximate surface area is 108 Å². The number of carbonyl (C=O) groups excluding carboxylic acids is 1. The van der Waals surface area contributed by atoms with Gasteiger partial charge in [0.05, 0.1) is 6.61 Å². The molecule has 1 atom stereocenters. The van der Waals surface area contributed by atoms with Crippen molar-refractivity contribution in [1.29, 1.82) is 0 Å². The number of alkyl halides is 2. The van der Waals surface area contributed by atoms with Gasteiger partial charge in [-0.2, -0.15) is 11.8 Å². The van der Waals surface area contributed by atoms with E-state index in [1.165, 1.54) is 11.8 Å². The summed E-state index contributed by atoms with van der Waals surface area (Å²) >= 11 is 1.48. The van der Waals surface area contributed by atoms with E-state index in [4.69, 9.17) is 5.11 Å². The highest BCUT2D eigenvalue weighted by molar-refractivity contribution is 7.98. The first-order chi connectivity index (χ1) is 8.47. The molecule has 2 N–H and O–H groups in total. The quantitative estimate of drug-likeness (QED) is 0.585. The third-order valence-corrected chi connectivity index (χ3v) is 2.61. The van der Waals surface area contributed by atoms with Gasteiger partial charge >= 0.3 is 5.97 Å². The van der Waals surface area contributed by atoms with Gasteiger partial charge in [-0.3, -0.25) is 4.79 Å². The number of aliphatic carboxylic acids is 1. The molecule has 18 heavy (non-hydrogen) atoms. The van der Waals surface area contributed by atoms with E-state index in [2.05, 4.69) is 10.1 Å². The van der Waals surface area contributed by atoms with Crippen LogP contribution in [-0.2, 0) is 14.3 Å². The fourth-order valence-electron chi connectivity index (χ4n) is 1.10. The van der Waals surface area contributed by atoms with Gasteiger partial charge in [-0.1, -0.05) is 0 Å². The van der Waals surface area contributed by atoms with Gasteiger partial charge in [0.25, 0.3) is 6.43 Å². The van der Waals surface area contributed by atoms with E-state index < -0.39 is 31.0 Å². The van der Waals surface area contributed by atoms with Crippen molar-refractivity contribution in [3.05, 3.63) is 0 Å². The van der Waals surface area contributed by atoms with Crippen LogP contribution in [0.4, 0.5) is 8.78 Å². The van der Waals surface area contributed by atoms with Crippen LogP contribution in [0.3, 0.4) is 0 Å². The Hall–Kier alpha value is -0.890. The van der Waals surface area contributed by atoms with E-state index in [-0.39, 0.29) is 13.0 Å². The summed E-state index contributed by atoms with van der Waals surface area (Å²) in [4.78, 5) is 22.1. The van der Waals surface area contributed by atoms with E-state index in [0.29, 0.717) is 12.2 Å². The molecule has 0 saturated carbocycles. The summed E-state index contributed by atoms with van der Waals surface area (Å²) < 4.78 is 27.9. The van der Waals surface area contributed by atoms with Crippen LogP contribution in [0.15, 0.2) is 0 Å². The van der Waals surface area contributed by atoms with Crippen LogP contribution < -0.4 is 5.32 Å². The molecule has 0 aliphatic rings. The van der Waals surface area contributed by atoms with Gasteiger partial charge in [0.15, 0.2) is 0 Å². The van der Waals surface area contributed by atoms with Crippen molar-refractivity contribution in [3.8, 4) is 0 Å². The largest absolute Gasteiger partial charge is 0.480 e. The Balaban J connectivity index is 3.84. The number of amides is 1. The Morgan fingerprint density at radius 3 is 2.61 bits per heavy atom. The molecule has 8 heteroatoms. The summed E-state index contributed by atoms with van der Waals surface area (Å²) in [7, 11) is 0. The molecule has 0 aromatic heterocycles. The Morgan fingerprint density at radius 2 is 2.11 bits per heavy atom. The van der Waals surface area contributed by atoms with Crippen molar-refractivity contribution in [2.75, 3.05) is 25.2 Å². The maximum absolute atomic E-state index is 11.7. The number of nitrogens with one attached hydrogen (secondary N) is 1. The lowest BCUT2D eigenvalue weighted by atomic mass is 10.2. The van der Waals surface area contributed by atoms with Gasteiger partial charge in [0.1, 0.15) is 12.6 Å². The number of hydrogen-bond donors (Lipinski definition) is 2. The zero-order valence-corrected chi connectivity index (χ0v) is 10.8. The van der Waals surface area contributed by atoms with E-state index >= 15 is 0 Å². The highest BCUT2D eigenvalue weighted by atomic mass is 32.2. The SMILES string of the molecule is CSCC[C@@H](NC(=O)CCOCC(F)F)C(=O)O.